The van der Waals surface area contributed by atoms with Crippen LogP contribution < -0.4 is 0 Å². The van der Waals surface area contributed by atoms with Gasteiger partial charge in [0.05, 0.1) is 6.10 Å². The van der Waals surface area contributed by atoms with Gasteiger partial charge in [0.25, 0.3) is 0 Å². The second-order valence-electron chi connectivity index (χ2n) is 2.51. The molecule has 2 unspecified atom stereocenters. The van der Waals surface area contributed by atoms with E-state index in [1.807, 2.05) is 13.8 Å². The standard InChI is InChI=1S/C8H18O2/c1-4-8(6-9)7(3)10-5-2/h7-9H,4-6H2,1-3H3. The summed E-state index contributed by atoms with van der Waals surface area (Å²) in [6, 6.07) is 0. The monoisotopic (exact) mass is 146 g/mol. The van der Waals surface area contributed by atoms with Gasteiger partial charge in [-0.15, -0.1) is 0 Å². The minimum absolute atomic E-state index is 0.194. The summed E-state index contributed by atoms with van der Waals surface area (Å²) in [5.41, 5.74) is 0. The Bertz CT molecular complexity index is 69.7. The van der Waals surface area contributed by atoms with E-state index in [0.717, 1.165) is 13.0 Å². The van der Waals surface area contributed by atoms with Crippen LogP contribution in [0.15, 0.2) is 0 Å². The predicted octanol–water partition coefficient (Wildman–Crippen LogP) is 1.43. The fourth-order valence-electron chi connectivity index (χ4n) is 1.01. The van der Waals surface area contributed by atoms with Crippen molar-refractivity contribution in [1.29, 1.82) is 0 Å². The normalized spacial score (nSPS) is 16.8. The van der Waals surface area contributed by atoms with E-state index in [4.69, 9.17) is 9.84 Å². The summed E-state index contributed by atoms with van der Waals surface area (Å²) in [4.78, 5) is 0. The summed E-state index contributed by atoms with van der Waals surface area (Å²) in [7, 11) is 0. The van der Waals surface area contributed by atoms with Crippen molar-refractivity contribution < 1.29 is 9.84 Å². The first-order valence-corrected chi connectivity index (χ1v) is 3.98. The largest absolute Gasteiger partial charge is 0.396 e. The number of ether oxygens (including phenoxy) is 1. The van der Waals surface area contributed by atoms with Crippen LogP contribution in [0.4, 0.5) is 0 Å². The van der Waals surface area contributed by atoms with Crippen LogP contribution in [-0.4, -0.2) is 24.4 Å². The zero-order valence-electron chi connectivity index (χ0n) is 7.13. The SMILES string of the molecule is CCOC(C)C(CC)CO. The number of aliphatic hydroxyl groups excluding tert-OH is 1. The quantitative estimate of drug-likeness (QED) is 0.635. The number of hydrogen-bond acceptors (Lipinski definition) is 2. The van der Waals surface area contributed by atoms with Crippen molar-refractivity contribution >= 4 is 0 Å². The summed E-state index contributed by atoms with van der Waals surface area (Å²) in [6.45, 7) is 7.01. The van der Waals surface area contributed by atoms with Crippen LogP contribution in [0.3, 0.4) is 0 Å². The Hall–Kier alpha value is -0.0800. The third kappa shape index (κ3) is 3.18. The second-order valence-corrected chi connectivity index (χ2v) is 2.51. The molecular formula is C8H18O2. The zero-order chi connectivity index (χ0) is 7.98. The van der Waals surface area contributed by atoms with Crippen LogP contribution in [0.25, 0.3) is 0 Å². The molecule has 0 radical (unpaired) electrons. The smallest absolute Gasteiger partial charge is 0.0596 e. The lowest BCUT2D eigenvalue weighted by Crippen LogP contribution is -2.23. The molecular weight excluding hydrogens is 128 g/mol. The highest BCUT2D eigenvalue weighted by molar-refractivity contribution is 4.62. The molecule has 0 aromatic carbocycles. The van der Waals surface area contributed by atoms with E-state index in [1.165, 1.54) is 0 Å². The Balaban J connectivity index is 3.53. The Labute approximate surface area is 63.2 Å². The van der Waals surface area contributed by atoms with Gasteiger partial charge in [-0.1, -0.05) is 6.92 Å². The van der Waals surface area contributed by atoms with Crippen molar-refractivity contribution in [3.8, 4) is 0 Å². The van der Waals surface area contributed by atoms with Gasteiger partial charge in [-0.05, 0) is 20.3 Å². The van der Waals surface area contributed by atoms with Gasteiger partial charge in [0.1, 0.15) is 0 Å². The maximum Gasteiger partial charge on any atom is 0.0596 e. The molecule has 0 fully saturated rings. The first-order chi connectivity index (χ1) is 4.76. The maximum absolute atomic E-state index is 8.84. The fraction of sp³-hybridized carbons (Fsp3) is 1.00. The molecule has 0 spiro atoms. The van der Waals surface area contributed by atoms with Gasteiger partial charge in [0.2, 0.25) is 0 Å². The van der Waals surface area contributed by atoms with E-state index >= 15 is 0 Å². The Morgan fingerprint density at radius 2 is 2.00 bits per heavy atom. The van der Waals surface area contributed by atoms with Crippen LogP contribution in [0.2, 0.25) is 0 Å². The molecule has 0 saturated carbocycles. The van der Waals surface area contributed by atoms with Crippen LogP contribution in [0.1, 0.15) is 27.2 Å². The van der Waals surface area contributed by atoms with Crippen molar-refractivity contribution in [1.82, 2.24) is 0 Å². The molecule has 10 heavy (non-hydrogen) atoms. The van der Waals surface area contributed by atoms with E-state index in [0.29, 0.717) is 5.92 Å². The lowest BCUT2D eigenvalue weighted by Gasteiger charge is -2.19. The average Bonchev–Trinajstić information content (AvgIpc) is 1.91. The third-order valence-electron chi connectivity index (χ3n) is 1.85. The molecule has 0 amide bonds. The molecule has 2 atom stereocenters. The minimum atomic E-state index is 0.194. The molecule has 2 heteroatoms. The minimum Gasteiger partial charge on any atom is -0.396 e. The van der Waals surface area contributed by atoms with Gasteiger partial charge in [-0.2, -0.15) is 0 Å². The third-order valence-corrected chi connectivity index (χ3v) is 1.85. The molecule has 0 bridgehead atoms. The number of hydrogen-bond donors (Lipinski definition) is 1. The van der Waals surface area contributed by atoms with Gasteiger partial charge in [-0.3, -0.25) is 0 Å². The summed E-state index contributed by atoms with van der Waals surface area (Å²) in [6.07, 6.45) is 1.18. The summed E-state index contributed by atoms with van der Waals surface area (Å²) in [5, 5.41) is 8.84. The van der Waals surface area contributed by atoms with E-state index in [-0.39, 0.29) is 12.7 Å². The first-order valence-electron chi connectivity index (χ1n) is 3.98. The molecule has 0 heterocycles. The highest BCUT2D eigenvalue weighted by Crippen LogP contribution is 2.10. The van der Waals surface area contributed by atoms with Crippen molar-refractivity contribution in [2.75, 3.05) is 13.2 Å². The molecule has 2 nitrogen and oxygen atoms in total. The second kappa shape index (κ2) is 5.69. The van der Waals surface area contributed by atoms with E-state index < -0.39 is 0 Å². The Morgan fingerprint density at radius 1 is 1.40 bits per heavy atom. The fourth-order valence-corrected chi connectivity index (χ4v) is 1.01. The van der Waals surface area contributed by atoms with E-state index in [9.17, 15) is 0 Å². The van der Waals surface area contributed by atoms with Gasteiger partial charge in [0.15, 0.2) is 0 Å². The Kier molecular flexibility index (Phi) is 5.64. The summed E-state index contributed by atoms with van der Waals surface area (Å²) < 4.78 is 5.33. The topological polar surface area (TPSA) is 29.5 Å². The van der Waals surface area contributed by atoms with E-state index in [1.54, 1.807) is 0 Å². The van der Waals surface area contributed by atoms with Gasteiger partial charge in [0, 0.05) is 19.1 Å². The zero-order valence-corrected chi connectivity index (χ0v) is 7.13. The summed E-state index contributed by atoms with van der Waals surface area (Å²) >= 11 is 0. The van der Waals surface area contributed by atoms with Gasteiger partial charge >= 0.3 is 0 Å². The molecule has 62 valence electrons. The maximum atomic E-state index is 8.84. The molecule has 0 aliphatic carbocycles. The summed E-state index contributed by atoms with van der Waals surface area (Å²) in [5.74, 6) is 0.306. The van der Waals surface area contributed by atoms with Crippen LogP contribution in [0, 0.1) is 5.92 Å². The Morgan fingerprint density at radius 3 is 2.30 bits per heavy atom. The van der Waals surface area contributed by atoms with Crippen molar-refractivity contribution in [2.24, 2.45) is 5.92 Å². The van der Waals surface area contributed by atoms with Crippen molar-refractivity contribution in [2.45, 2.75) is 33.3 Å². The van der Waals surface area contributed by atoms with Gasteiger partial charge in [-0.25, -0.2) is 0 Å². The molecule has 1 N–H and O–H groups in total. The number of rotatable bonds is 5. The van der Waals surface area contributed by atoms with Crippen LogP contribution >= 0.6 is 0 Å². The van der Waals surface area contributed by atoms with Crippen molar-refractivity contribution in [3.63, 3.8) is 0 Å². The van der Waals surface area contributed by atoms with E-state index in [2.05, 4.69) is 6.92 Å². The molecule has 0 rings (SSSR count). The lowest BCUT2D eigenvalue weighted by atomic mass is 10.0. The molecule has 0 aromatic heterocycles. The molecule has 0 aromatic rings. The van der Waals surface area contributed by atoms with Gasteiger partial charge < -0.3 is 9.84 Å². The van der Waals surface area contributed by atoms with Crippen molar-refractivity contribution in [3.05, 3.63) is 0 Å². The first kappa shape index (κ1) is 9.92. The molecule has 0 saturated heterocycles. The lowest BCUT2D eigenvalue weighted by molar-refractivity contribution is 0.0108. The molecule has 0 aliphatic heterocycles. The van der Waals surface area contributed by atoms with Crippen LogP contribution in [0.5, 0.6) is 0 Å². The highest BCUT2D eigenvalue weighted by Gasteiger charge is 2.13. The average molecular weight is 146 g/mol. The highest BCUT2D eigenvalue weighted by atomic mass is 16.5. The van der Waals surface area contributed by atoms with Crippen LogP contribution in [-0.2, 0) is 4.74 Å². The number of aliphatic hydroxyl groups is 1. The predicted molar refractivity (Wildman–Crippen MR) is 42.0 cm³/mol. The molecule has 0 aliphatic rings.